The zero-order valence-corrected chi connectivity index (χ0v) is 12.6. The van der Waals surface area contributed by atoms with E-state index in [1.807, 2.05) is 31.2 Å². The van der Waals surface area contributed by atoms with Crippen LogP contribution in [0.5, 0.6) is 5.75 Å². The third-order valence-electron chi connectivity index (χ3n) is 4.01. The number of ether oxygens (including phenoxy) is 2. The number of hydrogen-bond acceptors (Lipinski definition) is 3. The summed E-state index contributed by atoms with van der Waals surface area (Å²) >= 11 is 0. The van der Waals surface area contributed by atoms with Crippen molar-refractivity contribution in [2.45, 2.75) is 57.2 Å². The van der Waals surface area contributed by atoms with Crippen LogP contribution in [0.15, 0.2) is 24.3 Å². The van der Waals surface area contributed by atoms with Crippen LogP contribution in [-0.2, 0) is 11.2 Å². The Morgan fingerprint density at radius 1 is 1.35 bits per heavy atom. The van der Waals surface area contributed by atoms with Gasteiger partial charge in [-0.25, -0.2) is 0 Å². The first kappa shape index (κ1) is 15.3. The molecule has 20 heavy (non-hydrogen) atoms. The SMILES string of the molecule is COc1ccc(CC(C)(O)CCCC2CCCO2)cc1. The van der Waals surface area contributed by atoms with Gasteiger partial charge in [0.2, 0.25) is 0 Å². The van der Waals surface area contributed by atoms with Crippen LogP contribution in [0.2, 0.25) is 0 Å². The van der Waals surface area contributed by atoms with E-state index in [1.54, 1.807) is 7.11 Å². The van der Waals surface area contributed by atoms with Crippen LogP contribution < -0.4 is 4.74 Å². The first-order valence-electron chi connectivity index (χ1n) is 7.56. The fourth-order valence-corrected chi connectivity index (χ4v) is 2.85. The van der Waals surface area contributed by atoms with Gasteiger partial charge in [0.25, 0.3) is 0 Å². The maximum atomic E-state index is 10.5. The van der Waals surface area contributed by atoms with E-state index in [2.05, 4.69) is 0 Å². The summed E-state index contributed by atoms with van der Waals surface area (Å²) in [6, 6.07) is 7.93. The molecule has 0 amide bonds. The van der Waals surface area contributed by atoms with Gasteiger partial charge < -0.3 is 14.6 Å². The lowest BCUT2D eigenvalue weighted by Crippen LogP contribution is -2.27. The van der Waals surface area contributed by atoms with Gasteiger partial charge in [-0.1, -0.05) is 12.1 Å². The molecule has 0 spiro atoms. The average Bonchev–Trinajstić information content (AvgIpc) is 2.92. The van der Waals surface area contributed by atoms with E-state index in [0.717, 1.165) is 37.2 Å². The van der Waals surface area contributed by atoms with Crippen LogP contribution >= 0.6 is 0 Å². The van der Waals surface area contributed by atoms with Crippen LogP contribution in [0.4, 0.5) is 0 Å². The molecule has 1 heterocycles. The molecule has 1 fully saturated rings. The molecule has 0 bridgehead atoms. The van der Waals surface area contributed by atoms with Crippen molar-refractivity contribution in [1.82, 2.24) is 0 Å². The monoisotopic (exact) mass is 278 g/mol. The molecule has 3 nitrogen and oxygen atoms in total. The van der Waals surface area contributed by atoms with E-state index in [4.69, 9.17) is 9.47 Å². The summed E-state index contributed by atoms with van der Waals surface area (Å²) in [5.74, 6) is 0.853. The smallest absolute Gasteiger partial charge is 0.118 e. The second-order valence-electron chi connectivity index (χ2n) is 6.05. The minimum atomic E-state index is -0.646. The Hall–Kier alpha value is -1.06. The van der Waals surface area contributed by atoms with E-state index in [9.17, 15) is 5.11 Å². The average molecular weight is 278 g/mol. The molecule has 1 aromatic rings. The van der Waals surface area contributed by atoms with E-state index in [0.29, 0.717) is 12.5 Å². The molecular weight excluding hydrogens is 252 g/mol. The lowest BCUT2D eigenvalue weighted by atomic mass is 9.90. The molecule has 3 heteroatoms. The molecule has 1 aliphatic heterocycles. The number of benzene rings is 1. The Labute approximate surface area is 121 Å². The van der Waals surface area contributed by atoms with Gasteiger partial charge in [0.1, 0.15) is 5.75 Å². The summed E-state index contributed by atoms with van der Waals surface area (Å²) in [5.41, 5.74) is 0.501. The minimum Gasteiger partial charge on any atom is -0.497 e. The van der Waals surface area contributed by atoms with Gasteiger partial charge in [-0.3, -0.25) is 0 Å². The Morgan fingerprint density at radius 2 is 2.10 bits per heavy atom. The first-order chi connectivity index (χ1) is 9.59. The molecule has 2 atom stereocenters. The Morgan fingerprint density at radius 3 is 2.70 bits per heavy atom. The van der Waals surface area contributed by atoms with Crippen molar-refractivity contribution in [3.8, 4) is 5.75 Å². The Kier molecular flexibility index (Phi) is 5.44. The van der Waals surface area contributed by atoms with Crippen molar-refractivity contribution in [2.75, 3.05) is 13.7 Å². The topological polar surface area (TPSA) is 38.7 Å². The highest BCUT2D eigenvalue weighted by atomic mass is 16.5. The largest absolute Gasteiger partial charge is 0.497 e. The van der Waals surface area contributed by atoms with Crippen LogP contribution in [0, 0.1) is 0 Å². The molecule has 112 valence electrons. The van der Waals surface area contributed by atoms with Gasteiger partial charge in [0.05, 0.1) is 18.8 Å². The standard InChI is InChI=1S/C17H26O3/c1-17(18,11-3-5-16-6-4-12-20-16)13-14-7-9-15(19-2)10-8-14/h7-10,16,18H,3-6,11-13H2,1-2H3. The summed E-state index contributed by atoms with van der Waals surface area (Å²) in [6.07, 6.45) is 6.38. The van der Waals surface area contributed by atoms with Crippen molar-refractivity contribution in [2.24, 2.45) is 0 Å². The number of aliphatic hydroxyl groups is 1. The summed E-state index contributed by atoms with van der Waals surface area (Å²) in [7, 11) is 1.66. The van der Waals surface area contributed by atoms with E-state index in [-0.39, 0.29) is 0 Å². The fraction of sp³-hybridized carbons (Fsp3) is 0.647. The van der Waals surface area contributed by atoms with Gasteiger partial charge in [0, 0.05) is 13.0 Å². The molecule has 1 aliphatic rings. The molecule has 0 radical (unpaired) electrons. The number of rotatable bonds is 7. The van der Waals surface area contributed by atoms with Crippen molar-refractivity contribution in [3.63, 3.8) is 0 Å². The van der Waals surface area contributed by atoms with Crippen molar-refractivity contribution in [1.29, 1.82) is 0 Å². The summed E-state index contributed by atoms with van der Waals surface area (Å²) in [4.78, 5) is 0. The third kappa shape index (κ3) is 4.80. The second kappa shape index (κ2) is 7.09. The van der Waals surface area contributed by atoms with Gasteiger partial charge in [-0.15, -0.1) is 0 Å². The fourth-order valence-electron chi connectivity index (χ4n) is 2.85. The highest BCUT2D eigenvalue weighted by Gasteiger charge is 2.22. The molecule has 0 aromatic heterocycles. The zero-order valence-electron chi connectivity index (χ0n) is 12.6. The second-order valence-corrected chi connectivity index (χ2v) is 6.05. The van der Waals surface area contributed by atoms with Crippen molar-refractivity contribution in [3.05, 3.63) is 29.8 Å². The van der Waals surface area contributed by atoms with Crippen LogP contribution in [0.1, 0.15) is 44.6 Å². The predicted molar refractivity (Wildman–Crippen MR) is 80.1 cm³/mol. The van der Waals surface area contributed by atoms with E-state index < -0.39 is 5.60 Å². The highest BCUT2D eigenvalue weighted by Crippen LogP contribution is 2.24. The van der Waals surface area contributed by atoms with Gasteiger partial charge in [-0.2, -0.15) is 0 Å². The van der Waals surface area contributed by atoms with Gasteiger partial charge in [0.15, 0.2) is 0 Å². The number of methoxy groups -OCH3 is 1. The summed E-state index contributed by atoms with van der Waals surface area (Å²) in [5, 5.41) is 10.5. The third-order valence-corrected chi connectivity index (χ3v) is 4.01. The molecule has 2 rings (SSSR count). The molecule has 0 saturated carbocycles. The molecular formula is C17H26O3. The quantitative estimate of drug-likeness (QED) is 0.831. The minimum absolute atomic E-state index is 0.423. The van der Waals surface area contributed by atoms with Gasteiger partial charge in [-0.05, 0) is 56.7 Å². The normalized spacial score (nSPS) is 21.6. The van der Waals surface area contributed by atoms with Gasteiger partial charge >= 0.3 is 0 Å². The van der Waals surface area contributed by atoms with Crippen molar-refractivity contribution < 1.29 is 14.6 Å². The van der Waals surface area contributed by atoms with E-state index in [1.165, 1.54) is 12.8 Å². The maximum Gasteiger partial charge on any atom is 0.118 e. The molecule has 1 N–H and O–H groups in total. The van der Waals surface area contributed by atoms with Crippen LogP contribution in [0.25, 0.3) is 0 Å². The lowest BCUT2D eigenvalue weighted by Gasteiger charge is -2.24. The lowest BCUT2D eigenvalue weighted by molar-refractivity contribution is 0.0406. The van der Waals surface area contributed by atoms with E-state index >= 15 is 0 Å². The van der Waals surface area contributed by atoms with Crippen molar-refractivity contribution >= 4 is 0 Å². The van der Waals surface area contributed by atoms with Crippen LogP contribution in [-0.4, -0.2) is 30.5 Å². The zero-order chi connectivity index (χ0) is 14.4. The number of hydrogen-bond donors (Lipinski definition) is 1. The molecule has 1 saturated heterocycles. The summed E-state index contributed by atoms with van der Waals surface area (Å²) < 4.78 is 10.8. The molecule has 0 aliphatic carbocycles. The Balaban J connectivity index is 1.76. The van der Waals surface area contributed by atoms with Crippen LogP contribution in [0.3, 0.4) is 0 Å². The predicted octanol–water partition coefficient (Wildman–Crippen LogP) is 3.34. The Bertz CT molecular complexity index is 391. The molecule has 2 unspecified atom stereocenters. The first-order valence-corrected chi connectivity index (χ1v) is 7.56. The summed E-state index contributed by atoms with van der Waals surface area (Å²) in [6.45, 7) is 2.83. The highest BCUT2D eigenvalue weighted by molar-refractivity contribution is 5.27. The molecule has 1 aromatic carbocycles. The maximum absolute atomic E-state index is 10.5.